The largest absolute Gasteiger partial charge is 0.354 e. The molecule has 2 aromatic rings. The van der Waals surface area contributed by atoms with E-state index in [1.54, 1.807) is 23.6 Å². The maximum atomic E-state index is 12.2. The summed E-state index contributed by atoms with van der Waals surface area (Å²) >= 11 is 1.15. The minimum absolute atomic E-state index is 0.0576. The molecule has 2 rings (SSSR count). The van der Waals surface area contributed by atoms with E-state index in [0.717, 1.165) is 11.3 Å². The van der Waals surface area contributed by atoms with Gasteiger partial charge in [-0.25, -0.2) is 13.4 Å². The van der Waals surface area contributed by atoms with Gasteiger partial charge in [0.1, 0.15) is 0 Å². The quantitative estimate of drug-likeness (QED) is 0.843. The van der Waals surface area contributed by atoms with Crippen LogP contribution in [-0.4, -0.2) is 25.4 Å². The highest BCUT2D eigenvalue weighted by molar-refractivity contribution is 7.93. The van der Waals surface area contributed by atoms with Crippen molar-refractivity contribution in [2.45, 2.75) is 31.2 Å². The topological polar surface area (TPSA) is 88.2 Å². The monoisotopic (exact) mass is 339 g/mol. The van der Waals surface area contributed by atoms with Crippen molar-refractivity contribution in [3.05, 3.63) is 41.4 Å². The molecule has 0 unspecified atom stereocenters. The Kier molecular flexibility index (Phi) is 5.15. The third kappa shape index (κ3) is 4.54. The average molecular weight is 339 g/mol. The number of aromatic nitrogens is 1. The number of nitrogens with one attached hydrogen (secondary N) is 2. The van der Waals surface area contributed by atoms with E-state index in [-0.39, 0.29) is 28.4 Å². The smallest absolute Gasteiger partial charge is 0.263 e. The van der Waals surface area contributed by atoms with Crippen LogP contribution < -0.4 is 10.0 Å². The van der Waals surface area contributed by atoms with Gasteiger partial charge in [0.05, 0.1) is 17.0 Å². The van der Waals surface area contributed by atoms with Crippen molar-refractivity contribution in [2.75, 3.05) is 4.72 Å². The molecule has 0 spiro atoms. The summed E-state index contributed by atoms with van der Waals surface area (Å²) in [5.41, 5.74) is 0.536. The van der Waals surface area contributed by atoms with Crippen LogP contribution in [0.2, 0.25) is 0 Å². The molecule has 0 aliphatic carbocycles. The zero-order valence-electron chi connectivity index (χ0n) is 12.2. The molecule has 0 atom stereocenters. The number of benzene rings is 1. The van der Waals surface area contributed by atoms with Crippen LogP contribution in [0.1, 0.15) is 19.5 Å². The summed E-state index contributed by atoms with van der Waals surface area (Å²) in [5, 5.41) is 4.68. The maximum absolute atomic E-state index is 12.2. The third-order valence-electron chi connectivity index (χ3n) is 2.62. The van der Waals surface area contributed by atoms with Crippen LogP contribution in [0.25, 0.3) is 0 Å². The molecule has 0 radical (unpaired) electrons. The van der Waals surface area contributed by atoms with Gasteiger partial charge >= 0.3 is 0 Å². The molecule has 8 heteroatoms. The predicted octanol–water partition coefficient (Wildman–Crippen LogP) is 2.01. The lowest BCUT2D eigenvalue weighted by Gasteiger charge is -2.06. The van der Waals surface area contributed by atoms with Gasteiger partial charge < -0.3 is 5.32 Å². The highest BCUT2D eigenvalue weighted by Crippen LogP contribution is 2.20. The number of nitrogens with zero attached hydrogens (tertiary/aromatic N) is 1. The van der Waals surface area contributed by atoms with E-state index in [2.05, 4.69) is 15.0 Å². The Balaban J connectivity index is 2.05. The Bertz CT molecular complexity index is 740. The van der Waals surface area contributed by atoms with Crippen molar-refractivity contribution in [3.63, 3.8) is 0 Å². The molecule has 118 valence electrons. The van der Waals surface area contributed by atoms with E-state index in [1.165, 1.54) is 12.1 Å². The van der Waals surface area contributed by atoms with Crippen LogP contribution in [0, 0.1) is 0 Å². The van der Waals surface area contributed by atoms with Gasteiger partial charge in [0, 0.05) is 11.4 Å². The molecule has 2 N–H and O–H groups in total. The molecule has 1 amide bonds. The second-order valence-corrected chi connectivity index (χ2v) is 7.50. The normalized spacial score (nSPS) is 11.4. The van der Waals surface area contributed by atoms with Gasteiger partial charge in [-0.3, -0.25) is 9.52 Å². The first-order chi connectivity index (χ1) is 10.4. The minimum atomic E-state index is -3.65. The first-order valence-corrected chi connectivity index (χ1v) is 9.05. The first-order valence-electron chi connectivity index (χ1n) is 6.68. The zero-order chi connectivity index (χ0) is 16.2. The fourth-order valence-corrected chi connectivity index (χ4v) is 3.73. The predicted molar refractivity (Wildman–Crippen MR) is 86.3 cm³/mol. The summed E-state index contributed by atoms with van der Waals surface area (Å²) < 4.78 is 26.7. The van der Waals surface area contributed by atoms with Crippen molar-refractivity contribution < 1.29 is 13.2 Å². The molecule has 0 saturated heterocycles. The van der Waals surface area contributed by atoms with Gasteiger partial charge in [-0.15, -0.1) is 11.3 Å². The van der Waals surface area contributed by atoms with Crippen molar-refractivity contribution in [1.82, 2.24) is 10.3 Å². The van der Waals surface area contributed by atoms with Gasteiger partial charge in [0.25, 0.3) is 10.0 Å². The molecule has 0 bridgehead atoms. The van der Waals surface area contributed by atoms with Gasteiger partial charge in [0.2, 0.25) is 5.91 Å². The summed E-state index contributed by atoms with van der Waals surface area (Å²) in [6.45, 7) is 3.75. The van der Waals surface area contributed by atoms with E-state index in [1.807, 2.05) is 13.8 Å². The van der Waals surface area contributed by atoms with Crippen molar-refractivity contribution in [2.24, 2.45) is 0 Å². The van der Waals surface area contributed by atoms with Gasteiger partial charge in [-0.1, -0.05) is 18.2 Å². The second-order valence-electron chi connectivity index (χ2n) is 4.96. The number of rotatable bonds is 6. The zero-order valence-corrected chi connectivity index (χ0v) is 13.9. The molecular weight excluding hydrogens is 322 g/mol. The van der Waals surface area contributed by atoms with Crippen LogP contribution >= 0.6 is 11.3 Å². The summed E-state index contributed by atoms with van der Waals surface area (Å²) in [4.78, 5) is 16.0. The van der Waals surface area contributed by atoms with Crippen molar-refractivity contribution in [3.8, 4) is 0 Å². The molecule has 1 aromatic carbocycles. The Morgan fingerprint density at radius 2 is 1.95 bits per heavy atom. The highest BCUT2D eigenvalue weighted by atomic mass is 32.2. The summed E-state index contributed by atoms with van der Waals surface area (Å²) in [6, 6.07) is 8.12. The second kappa shape index (κ2) is 6.89. The van der Waals surface area contributed by atoms with Crippen LogP contribution in [-0.2, 0) is 21.2 Å². The Hall–Kier alpha value is -1.93. The van der Waals surface area contributed by atoms with Crippen molar-refractivity contribution in [1.29, 1.82) is 0 Å². The number of hydrogen-bond acceptors (Lipinski definition) is 5. The fourth-order valence-electron chi connectivity index (χ4n) is 1.75. The molecule has 0 fully saturated rings. The number of anilines is 1. The number of thiazole rings is 1. The van der Waals surface area contributed by atoms with Gasteiger partial charge in [0.15, 0.2) is 5.13 Å². The molecule has 22 heavy (non-hydrogen) atoms. The number of hydrogen-bond donors (Lipinski definition) is 2. The Morgan fingerprint density at radius 1 is 1.27 bits per heavy atom. The highest BCUT2D eigenvalue weighted by Gasteiger charge is 2.16. The van der Waals surface area contributed by atoms with Crippen LogP contribution in [0.3, 0.4) is 0 Å². The summed E-state index contributed by atoms with van der Waals surface area (Å²) in [6.07, 6.45) is 0.127. The molecule has 1 heterocycles. The Morgan fingerprint density at radius 3 is 2.59 bits per heavy atom. The lowest BCUT2D eigenvalue weighted by Crippen LogP contribution is -2.31. The Labute approximate surface area is 133 Å². The van der Waals surface area contributed by atoms with Gasteiger partial charge in [-0.05, 0) is 26.0 Å². The molecule has 0 aliphatic heterocycles. The van der Waals surface area contributed by atoms with E-state index < -0.39 is 10.0 Å². The molecule has 1 aromatic heterocycles. The fraction of sp³-hybridized carbons (Fsp3) is 0.286. The van der Waals surface area contributed by atoms with Gasteiger partial charge in [-0.2, -0.15) is 0 Å². The SMILES string of the molecule is CC(C)NC(=O)Cc1csc(NS(=O)(=O)c2ccccc2)n1. The van der Waals surface area contributed by atoms with E-state index >= 15 is 0 Å². The molecule has 6 nitrogen and oxygen atoms in total. The van der Waals surface area contributed by atoms with E-state index in [0.29, 0.717) is 5.69 Å². The van der Waals surface area contributed by atoms with E-state index in [4.69, 9.17) is 0 Å². The number of carbonyl (C=O) groups is 1. The van der Waals surface area contributed by atoms with Crippen LogP contribution in [0.15, 0.2) is 40.6 Å². The lowest BCUT2D eigenvalue weighted by atomic mass is 10.3. The standard InChI is InChI=1S/C14H17N3O3S2/c1-10(2)15-13(18)8-11-9-21-14(16-11)17-22(19,20)12-6-4-3-5-7-12/h3-7,9-10H,8H2,1-2H3,(H,15,18)(H,16,17). The third-order valence-corrected chi connectivity index (χ3v) is 4.91. The first kappa shape index (κ1) is 16.4. The average Bonchev–Trinajstić information content (AvgIpc) is 2.85. The number of amides is 1. The molecule has 0 saturated carbocycles. The maximum Gasteiger partial charge on any atom is 0.263 e. The number of sulfonamides is 1. The summed E-state index contributed by atoms with van der Waals surface area (Å²) in [5.74, 6) is -0.141. The van der Waals surface area contributed by atoms with E-state index in [9.17, 15) is 13.2 Å². The molecule has 0 aliphatic rings. The minimum Gasteiger partial charge on any atom is -0.354 e. The molecular formula is C14H17N3O3S2. The van der Waals surface area contributed by atoms with Crippen LogP contribution in [0.4, 0.5) is 5.13 Å². The lowest BCUT2D eigenvalue weighted by molar-refractivity contribution is -0.120. The summed E-state index contributed by atoms with van der Waals surface area (Å²) in [7, 11) is -3.65. The number of carbonyl (C=O) groups excluding carboxylic acids is 1. The van der Waals surface area contributed by atoms with Crippen LogP contribution in [0.5, 0.6) is 0 Å². The van der Waals surface area contributed by atoms with Crippen molar-refractivity contribution >= 4 is 32.4 Å².